The standard InChI is InChI=1S/C21H20ClF3N2O3/c1-19(2,30-17-10-6-15(22)7-11-17)18(28)27-20(3,12-26)13-29-16-8-4-14(5-9-16)21(23,24)25/h4-11H,13H2,1-3H3,(H,27,28). The van der Waals surface area contributed by atoms with Gasteiger partial charge in [-0.1, -0.05) is 11.6 Å². The predicted octanol–water partition coefficient (Wildman–Crippen LogP) is 4.99. The topological polar surface area (TPSA) is 71.3 Å². The van der Waals surface area contributed by atoms with Crippen molar-refractivity contribution in [2.75, 3.05) is 6.61 Å². The maximum absolute atomic E-state index is 12.7. The lowest BCUT2D eigenvalue weighted by Gasteiger charge is -2.30. The molecule has 0 radical (unpaired) electrons. The van der Waals surface area contributed by atoms with Crippen molar-refractivity contribution in [1.82, 2.24) is 5.32 Å². The van der Waals surface area contributed by atoms with Crippen molar-refractivity contribution in [3.63, 3.8) is 0 Å². The SMILES string of the molecule is CC(C#N)(COc1ccc(C(F)(F)F)cc1)NC(=O)C(C)(C)Oc1ccc(Cl)cc1. The maximum atomic E-state index is 12.7. The van der Waals surface area contributed by atoms with Gasteiger partial charge in [-0.3, -0.25) is 4.79 Å². The molecular formula is C21H20ClF3N2O3. The van der Waals surface area contributed by atoms with Gasteiger partial charge in [0.25, 0.3) is 5.91 Å². The summed E-state index contributed by atoms with van der Waals surface area (Å²) in [6.45, 7) is 4.22. The lowest BCUT2D eigenvalue weighted by Crippen LogP contribution is -2.57. The van der Waals surface area contributed by atoms with Crippen molar-refractivity contribution in [2.24, 2.45) is 0 Å². The summed E-state index contributed by atoms with van der Waals surface area (Å²) in [6, 6.07) is 12.4. The van der Waals surface area contributed by atoms with E-state index in [1.165, 1.54) is 20.8 Å². The average molecular weight is 441 g/mol. The zero-order valence-corrected chi connectivity index (χ0v) is 17.3. The summed E-state index contributed by atoms with van der Waals surface area (Å²) in [6.07, 6.45) is -4.46. The number of rotatable bonds is 7. The van der Waals surface area contributed by atoms with Gasteiger partial charge in [0.15, 0.2) is 11.1 Å². The number of benzene rings is 2. The van der Waals surface area contributed by atoms with Gasteiger partial charge in [-0.25, -0.2) is 0 Å². The second kappa shape index (κ2) is 8.84. The molecule has 0 aromatic heterocycles. The van der Waals surface area contributed by atoms with E-state index in [1.807, 2.05) is 6.07 Å². The van der Waals surface area contributed by atoms with Crippen molar-refractivity contribution in [3.8, 4) is 17.6 Å². The molecule has 1 unspecified atom stereocenters. The molecular weight excluding hydrogens is 421 g/mol. The van der Waals surface area contributed by atoms with Crippen LogP contribution in [0.1, 0.15) is 26.3 Å². The fourth-order valence-electron chi connectivity index (χ4n) is 2.31. The van der Waals surface area contributed by atoms with E-state index in [1.54, 1.807) is 24.3 Å². The highest BCUT2D eigenvalue weighted by Gasteiger charge is 2.37. The number of halogens is 4. The molecule has 0 saturated heterocycles. The minimum absolute atomic E-state index is 0.135. The smallest absolute Gasteiger partial charge is 0.416 e. The number of alkyl halides is 3. The van der Waals surface area contributed by atoms with Crippen LogP contribution in [0.4, 0.5) is 13.2 Å². The summed E-state index contributed by atoms with van der Waals surface area (Å²) < 4.78 is 49.0. The van der Waals surface area contributed by atoms with Crippen LogP contribution in [0.25, 0.3) is 0 Å². The van der Waals surface area contributed by atoms with Gasteiger partial charge in [-0.05, 0) is 69.3 Å². The van der Waals surface area contributed by atoms with Crippen molar-refractivity contribution in [3.05, 3.63) is 59.1 Å². The number of nitrogens with one attached hydrogen (secondary N) is 1. The van der Waals surface area contributed by atoms with Gasteiger partial charge in [0.2, 0.25) is 0 Å². The van der Waals surface area contributed by atoms with Gasteiger partial charge in [0.1, 0.15) is 18.1 Å². The van der Waals surface area contributed by atoms with Crippen molar-refractivity contribution < 1.29 is 27.4 Å². The van der Waals surface area contributed by atoms with Crippen LogP contribution < -0.4 is 14.8 Å². The quantitative estimate of drug-likeness (QED) is 0.658. The van der Waals surface area contributed by atoms with E-state index >= 15 is 0 Å². The lowest BCUT2D eigenvalue weighted by molar-refractivity contribution is -0.137. The lowest BCUT2D eigenvalue weighted by atomic mass is 10.0. The van der Waals surface area contributed by atoms with Gasteiger partial charge >= 0.3 is 6.18 Å². The molecule has 2 rings (SSSR count). The summed E-state index contributed by atoms with van der Waals surface area (Å²) in [5.74, 6) is -0.0212. The second-order valence-corrected chi connectivity index (χ2v) is 7.71. The Balaban J connectivity index is 2.02. The highest BCUT2D eigenvalue weighted by molar-refractivity contribution is 6.30. The molecule has 1 atom stereocenters. The summed E-state index contributed by atoms with van der Waals surface area (Å²) in [5.41, 5.74) is -3.58. The fraction of sp³-hybridized carbons (Fsp3) is 0.333. The van der Waals surface area contributed by atoms with Crippen LogP contribution in [-0.4, -0.2) is 23.7 Å². The Hall–Kier alpha value is -2.92. The number of hydrogen-bond donors (Lipinski definition) is 1. The number of ether oxygens (including phenoxy) is 2. The summed E-state index contributed by atoms with van der Waals surface area (Å²) in [4.78, 5) is 12.7. The minimum Gasteiger partial charge on any atom is -0.490 e. The van der Waals surface area contributed by atoms with Crippen molar-refractivity contribution in [1.29, 1.82) is 5.26 Å². The molecule has 1 N–H and O–H groups in total. The number of carbonyl (C=O) groups is 1. The fourth-order valence-corrected chi connectivity index (χ4v) is 2.43. The number of carbonyl (C=O) groups excluding carboxylic acids is 1. The number of nitriles is 1. The third kappa shape index (κ3) is 6.29. The van der Waals surface area contributed by atoms with E-state index in [4.69, 9.17) is 21.1 Å². The van der Waals surface area contributed by atoms with Crippen molar-refractivity contribution in [2.45, 2.75) is 38.1 Å². The molecule has 0 saturated carbocycles. The molecule has 0 aliphatic carbocycles. The first-order valence-corrected chi connectivity index (χ1v) is 9.21. The maximum Gasteiger partial charge on any atom is 0.416 e. The van der Waals surface area contributed by atoms with Crippen LogP contribution >= 0.6 is 11.6 Å². The second-order valence-electron chi connectivity index (χ2n) is 7.28. The Morgan fingerprint density at radius 2 is 1.57 bits per heavy atom. The van der Waals surface area contributed by atoms with E-state index < -0.39 is 28.8 Å². The van der Waals surface area contributed by atoms with Crippen LogP contribution in [0.2, 0.25) is 5.02 Å². The van der Waals surface area contributed by atoms with Gasteiger partial charge in [-0.15, -0.1) is 0 Å². The molecule has 160 valence electrons. The predicted molar refractivity (Wildman–Crippen MR) is 105 cm³/mol. The van der Waals surface area contributed by atoms with Gasteiger partial charge in [-0.2, -0.15) is 18.4 Å². The van der Waals surface area contributed by atoms with Crippen LogP contribution in [0.3, 0.4) is 0 Å². The number of amides is 1. The highest BCUT2D eigenvalue weighted by atomic mass is 35.5. The van der Waals surface area contributed by atoms with E-state index in [2.05, 4.69) is 5.32 Å². The van der Waals surface area contributed by atoms with Crippen molar-refractivity contribution >= 4 is 17.5 Å². The van der Waals surface area contributed by atoms with E-state index in [-0.39, 0.29) is 12.4 Å². The zero-order valence-electron chi connectivity index (χ0n) is 16.5. The summed E-state index contributed by atoms with van der Waals surface area (Å²) >= 11 is 5.83. The molecule has 2 aromatic carbocycles. The van der Waals surface area contributed by atoms with E-state index in [9.17, 15) is 23.2 Å². The molecule has 0 aliphatic rings. The molecule has 9 heteroatoms. The molecule has 1 amide bonds. The largest absolute Gasteiger partial charge is 0.490 e. The minimum atomic E-state index is -4.46. The average Bonchev–Trinajstić information content (AvgIpc) is 2.67. The molecule has 0 bridgehead atoms. The normalized spacial score (nSPS) is 13.7. The Morgan fingerprint density at radius 1 is 1.03 bits per heavy atom. The Morgan fingerprint density at radius 3 is 2.07 bits per heavy atom. The molecule has 5 nitrogen and oxygen atoms in total. The Kier molecular flexibility index (Phi) is 6.88. The van der Waals surface area contributed by atoms with Crippen LogP contribution in [-0.2, 0) is 11.0 Å². The van der Waals surface area contributed by atoms with Gasteiger partial charge in [0, 0.05) is 5.02 Å². The molecule has 30 heavy (non-hydrogen) atoms. The third-order valence-corrected chi connectivity index (χ3v) is 4.33. The molecule has 0 spiro atoms. The first-order chi connectivity index (χ1) is 13.8. The first-order valence-electron chi connectivity index (χ1n) is 8.83. The summed E-state index contributed by atoms with van der Waals surface area (Å²) in [5, 5.41) is 12.6. The highest BCUT2D eigenvalue weighted by Crippen LogP contribution is 2.30. The molecule has 0 aliphatic heterocycles. The molecule has 2 aromatic rings. The van der Waals surface area contributed by atoms with Gasteiger partial charge < -0.3 is 14.8 Å². The van der Waals surface area contributed by atoms with Crippen LogP contribution in [0, 0.1) is 11.3 Å². The molecule has 0 heterocycles. The van der Waals surface area contributed by atoms with Crippen LogP contribution in [0.15, 0.2) is 48.5 Å². The van der Waals surface area contributed by atoms with E-state index in [0.29, 0.717) is 10.8 Å². The number of hydrogen-bond acceptors (Lipinski definition) is 4. The third-order valence-electron chi connectivity index (χ3n) is 4.08. The van der Waals surface area contributed by atoms with E-state index in [0.717, 1.165) is 24.3 Å². The first kappa shape index (κ1) is 23.4. The summed E-state index contributed by atoms with van der Waals surface area (Å²) in [7, 11) is 0. The van der Waals surface area contributed by atoms with Gasteiger partial charge in [0.05, 0.1) is 11.6 Å². The monoisotopic (exact) mass is 440 g/mol. The Labute approximate surface area is 177 Å². The number of nitrogens with zero attached hydrogens (tertiary/aromatic N) is 1. The Bertz CT molecular complexity index is 922. The van der Waals surface area contributed by atoms with Crippen LogP contribution in [0.5, 0.6) is 11.5 Å². The zero-order chi connectivity index (χ0) is 22.6. The molecule has 0 fully saturated rings.